The van der Waals surface area contributed by atoms with Crippen LogP contribution in [-0.2, 0) is 17.9 Å². The van der Waals surface area contributed by atoms with Crippen LogP contribution in [0, 0.1) is 11.8 Å². The van der Waals surface area contributed by atoms with E-state index in [9.17, 15) is 18.0 Å². The Hall–Kier alpha value is -2.22. The molecule has 1 aliphatic carbocycles. The van der Waals surface area contributed by atoms with Crippen LogP contribution in [0.5, 0.6) is 11.5 Å². The highest BCUT2D eigenvalue weighted by Gasteiger charge is 2.48. The fraction of sp³-hybridized carbons (Fsp3) is 0.522. The summed E-state index contributed by atoms with van der Waals surface area (Å²) in [6.07, 6.45) is -2.85. The van der Waals surface area contributed by atoms with E-state index in [1.54, 1.807) is 30.4 Å². The van der Waals surface area contributed by atoms with E-state index < -0.39 is 23.9 Å². The van der Waals surface area contributed by atoms with Gasteiger partial charge in [-0.2, -0.15) is 13.2 Å². The number of benzene rings is 1. The average Bonchev–Trinajstić information content (AvgIpc) is 3.29. The number of carbonyl (C=O) groups is 1. The lowest BCUT2D eigenvalue weighted by molar-refractivity contribution is -0.201. The predicted molar refractivity (Wildman–Crippen MR) is 114 cm³/mol. The minimum absolute atomic E-state index is 0.0293. The number of thiophene rings is 1. The van der Waals surface area contributed by atoms with Crippen LogP contribution >= 0.6 is 11.3 Å². The van der Waals surface area contributed by atoms with Crippen molar-refractivity contribution in [2.45, 2.75) is 51.9 Å². The van der Waals surface area contributed by atoms with Gasteiger partial charge in [0.25, 0.3) is 0 Å². The molecule has 2 unspecified atom stereocenters. The lowest BCUT2D eigenvalue weighted by Gasteiger charge is -2.35. The van der Waals surface area contributed by atoms with Gasteiger partial charge in [0.15, 0.2) is 11.5 Å². The molecule has 0 N–H and O–H groups in total. The maximum absolute atomic E-state index is 13.5. The molecule has 2 atom stereocenters. The summed E-state index contributed by atoms with van der Waals surface area (Å²) in [5.74, 6) is -1.85. The number of nitrogens with zero attached hydrogens (tertiary/aromatic N) is 1. The van der Waals surface area contributed by atoms with Crippen LogP contribution in [0.3, 0.4) is 0 Å². The number of carbonyl (C=O) groups excluding carboxylic acids is 1. The van der Waals surface area contributed by atoms with E-state index in [0.717, 1.165) is 10.4 Å². The molecule has 8 heteroatoms. The van der Waals surface area contributed by atoms with Gasteiger partial charge >= 0.3 is 6.18 Å². The summed E-state index contributed by atoms with van der Waals surface area (Å²) in [6.45, 7) is 2.79. The van der Waals surface area contributed by atoms with Gasteiger partial charge in [-0.15, -0.1) is 11.3 Å². The third-order valence-electron chi connectivity index (χ3n) is 5.75. The summed E-state index contributed by atoms with van der Waals surface area (Å²) in [4.78, 5) is 15.6. The third-order valence-corrected chi connectivity index (χ3v) is 6.60. The van der Waals surface area contributed by atoms with Crippen LogP contribution in [0.25, 0.3) is 0 Å². The summed E-state index contributed by atoms with van der Waals surface area (Å²) in [7, 11) is 1.54. The van der Waals surface area contributed by atoms with Gasteiger partial charge in [0.2, 0.25) is 5.91 Å². The molecule has 0 radical (unpaired) electrons. The fourth-order valence-corrected chi connectivity index (χ4v) is 4.71. The van der Waals surface area contributed by atoms with Gasteiger partial charge in [-0.25, -0.2) is 0 Å². The van der Waals surface area contributed by atoms with Crippen LogP contribution in [0.1, 0.15) is 43.0 Å². The topological polar surface area (TPSA) is 38.8 Å². The van der Waals surface area contributed by atoms with Crippen molar-refractivity contribution in [3.8, 4) is 11.5 Å². The van der Waals surface area contributed by atoms with Crippen molar-refractivity contribution in [2.75, 3.05) is 13.7 Å². The molecule has 1 amide bonds. The average molecular weight is 456 g/mol. The minimum Gasteiger partial charge on any atom is -0.493 e. The van der Waals surface area contributed by atoms with Gasteiger partial charge in [0.05, 0.1) is 13.0 Å². The molecule has 0 aliphatic heterocycles. The zero-order chi connectivity index (χ0) is 22.4. The number of ether oxygens (including phenoxy) is 2. The Morgan fingerprint density at radius 3 is 2.61 bits per heavy atom. The number of hydrogen-bond acceptors (Lipinski definition) is 4. The summed E-state index contributed by atoms with van der Waals surface area (Å²) >= 11 is 1.60. The van der Waals surface area contributed by atoms with Crippen molar-refractivity contribution in [2.24, 2.45) is 11.8 Å². The Kier molecular flexibility index (Phi) is 7.86. The predicted octanol–water partition coefficient (Wildman–Crippen LogP) is 6.05. The molecule has 2 aromatic rings. The second-order valence-electron chi connectivity index (χ2n) is 7.74. The molecule has 31 heavy (non-hydrogen) atoms. The standard InChI is InChI=1S/C23H28F3NO3S/c1-3-27(22(28)18-8-4-5-9-19(18)23(24,25)26)14-16-10-11-20(21(13-16)29-2)30-15-17-7-6-12-31-17/h6-7,10-13,18-19H,3-5,8-9,14-15H2,1-2H3. The molecule has 1 saturated carbocycles. The molecule has 1 aliphatic rings. The Balaban J connectivity index is 1.70. The Morgan fingerprint density at radius 2 is 1.97 bits per heavy atom. The fourth-order valence-electron chi connectivity index (χ4n) is 4.09. The molecule has 1 aromatic carbocycles. The third kappa shape index (κ3) is 5.93. The van der Waals surface area contributed by atoms with Gasteiger partial charge < -0.3 is 14.4 Å². The molecular weight excluding hydrogens is 427 g/mol. The van der Waals surface area contributed by atoms with Gasteiger partial charge in [-0.3, -0.25) is 4.79 Å². The zero-order valence-electron chi connectivity index (χ0n) is 17.8. The van der Waals surface area contributed by atoms with E-state index in [0.29, 0.717) is 43.9 Å². The SMILES string of the molecule is CCN(Cc1ccc(OCc2cccs2)c(OC)c1)C(=O)C1CCCCC1C(F)(F)F. The van der Waals surface area contributed by atoms with Gasteiger partial charge in [-0.1, -0.05) is 25.0 Å². The summed E-state index contributed by atoms with van der Waals surface area (Å²) in [5, 5.41) is 1.98. The smallest absolute Gasteiger partial charge is 0.392 e. The molecule has 4 nitrogen and oxygen atoms in total. The first kappa shape index (κ1) is 23.4. The van der Waals surface area contributed by atoms with Crippen LogP contribution in [0.2, 0.25) is 0 Å². The molecule has 1 heterocycles. The van der Waals surface area contributed by atoms with E-state index in [4.69, 9.17) is 9.47 Å². The molecule has 170 valence electrons. The summed E-state index contributed by atoms with van der Waals surface area (Å²) in [5.41, 5.74) is 0.787. The van der Waals surface area contributed by atoms with Crippen molar-refractivity contribution in [3.63, 3.8) is 0 Å². The van der Waals surface area contributed by atoms with Gasteiger partial charge in [0, 0.05) is 23.9 Å². The van der Waals surface area contributed by atoms with Crippen molar-refractivity contribution in [1.29, 1.82) is 0 Å². The highest BCUT2D eigenvalue weighted by molar-refractivity contribution is 7.09. The Labute approximate surface area is 185 Å². The van der Waals surface area contributed by atoms with E-state index in [-0.39, 0.29) is 13.0 Å². The maximum atomic E-state index is 13.5. The quantitative estimate of drug-likeness (QED) is 0.486. The minimum atomic E-state index is -4.34. The van der Waals surface area contributed by atoms with Crippen molar-refractivity contribution >= 4 is 17.2 Å². The lowest BCUT2D eigenvalue weighted by atomic mass is 9.78. The Morgan fingerprint density at radius 1 is 1.19 bits per heavy atom. The maximum Gasteiger partial charge on any atom is 0.392 e. The van der Waals surface area contributed by atoms with Gasteiger partial charge in [0.1, 0.15) is 6.61 Å². The van der Waals surface area contributed by atoms with E-state index in [1.165, 1.54) is 12.0 Å². The van der Waals surface area contributed by atoms with Crippen LogP contribution < -0.4 is 9.47 Å². The van der Waals surface area contributed by atoms with E-state index in [1.807, 2.05) is 23.6 Å². The first-order valence-corrected chi connectivity index (χ1v) is 11.4. The van der Waals surface area contributed by atoms with E-state index >= 15 is 0 Å². The van der Waals surface area contributed by atoms with Crippen molar-refractivity contribution in [3.05, 3.63) is 46.2 Å². The van der Waals surface area contributed by atoms with Crippen LogP contribution in [0.4, 0.5) is 13.2 Å². The first-order valence-electron chi connectivity index (χ1n) is 10.5. The largest absolute Gasteiger partial charge is 0.493 e. The molecule has 0 saturated heterocycles. The van der Waals surface area contributed by atoms with Gasteiger partial charge in [-0.05, 0) is 48.9 Å². The van der Waals surface area contributed by atoms with E-state index in [2.05, 4.69) is 0 Å². The molecule has 0 spiro atoms. The van der Waals surface area contributed by atoms with Crippen LogP contribution in [0.15, 0.2) is 35.7 Å². The number of alkyl halides is 3. The highest BCUT2D eigenvalue weighted by Crippen LogP contribution is 2.42. The van der Waals surface area contributed by atoms with Crippen molar-refractivity contribution in [1.82, 2.24) is 4.90 Å². The zero-order valence-corrected chi connectivity index (χ0v) is 18.6. The molecular formula is C23H28F3NO3S. The first-order chi connectivity index (χ1) is 14.8. The number of rotatable bonds is 8. The molecule has 0 bridgehead atoms. The molecule has 1 aromatic heterocycles. The number of hydrogen-bond donors (Lipinski definition) is 0. The van der Waals surface area contributed by atoms with Crippen LogP contribution in [-0.4, -0.2) is 30.6 Å². The second kappa shape index (κ2) is 10.4. The summed E-state index contributed by atoms with van der Waals surface area (Å²) in [6, 6.07) is 9.32. The second-order valence-corrected chi connectivity index (χ2v) is 8.78. The number of halogens is 3. The lowest BCUT2D eigenvalue weighted by Crippen LogP contribution is -2.44. The van der Waals surface area contributed by atoms with Crippen molar-refractivity contribution < 1.29 is 27.4 Å². The Bertz CT molecular complexity index is 854. The number of methoxy groups -OCH3 is 1. The highest BCUT2D eigenvalue weighted by atomic mass is 32.1. The molecule has 3 rings (SSSR count). The normalized spacial score (nSPS) is 19.1. The molecule has 1 fully saturated rings. The summed E-state index contributed by atoms with van der Waals surface area (Å²) < 4.78 is 51.7. The monoisotopic (exact) mass is 455 g/mol. The number of amides is 1.